The zero-order chi connectivity index (χ0) is 14.7. The molecule has 3 rings (SSSR count). The van der Waals surface area contributed by atoms with Gasteiger partial charge in [-0.25, -0.2) is 0 Å². The van der Waals surface area contributed by atoms with Gasteiger partial charge in [-0.05, 0) is 37.8 Å². The summed E-state index contributed by atoms with van der Waals surface area (Å²) in [6.45, 7) is 5.38. The first kappa shape index (κ1) is 14.9. The molecule has 1 unspecified atom stereocenters. The predicted molar refractivity (Wildman–Crippen MR) is 88.0 cm³/mol. The van der Waals surface area contributed by atoms with E-state index in [0.29, 0.717) is 11.6 Å². The molecule has 1 spiro atoms. The maximum absolute atomic E-state index is 5.28. The fraction of sp³-hybridized carbons (Fsp3) is 0.667. The maximum atomic E-state index is 5.28. The molecule has 0 radical (unpaired) electrons. The highest BCUT2D eigenvalue weighted by molar-refractivity contribution is 5.55. The first-order chi connectivity index (χ1) is 10.2. The molecule has 1 heterocycles. The van der Waals surface area contributed by atoms with Crippen LogP contribution in [0.25, 0.3) is 0 Å². The molecule has 1 saturated carbocycles. The van der Waals surface area contributed by atoms with Gasteiger partial charge in [-0.15, -0.1) is 0 Å². The van der Waals surface area contributed by atoms with Crippen LogP contribution in [0.3, 0.4) is 0 Å². The quantitative estimate of drug-likeness (QED) is 0.922. The zero-order valence-corrected chi connectivity index (χ0v) is 13.4. The lowest BCUT2D eigenvalue weighted by Gasteiger charge is -2.47. The average molecular weight is 288 g/mol. The molecule has 0 amide bonds. The molecule has 1 aliphatic carbocycles. The molecule has 3 heteroatoms. The van der Waals surface area contributed by atoms with Gasteiger partial charge < -0.3 is 15.0 Å². The fourth-order valence-electron chi connectivity index (χ4n) is 3.94. The van der Waals surface area contributed by atoms with E-state index in [-0.39, 0.29) is 0 Å². The van der Waals surface area contributed by atoms with Crippen molar-refractivity contribution in [2.45, 2.75) is 50.6 Å². The van der Waals surface area contributed by atoms with Crippen LogP contribution in [-0.4, -0.2) is 38.4 Å². The third kappa shape index (κ3) is 3.09. The Morgan fingerprint density at radius 3 is 2.81 bits per heavy atom. The Morgan fingerprint density at radius 2 is 2.05 bits per heavy atom. The molecule has 0 aromatic heterocycles. The van der Waals surface area contributed by atoms with E-state index in [1.54, 1.807) is 7.11 Å². The number of methoxy groups -OCH3 is 1. The topological polar surface area (TPSA) is 24.5 Å². The minimum absolute atomic E-state index is 0.362. The second-order valence-electron chi connectivity index (χ2n) is 6.72. The highest BCUT2D eigenvalue weighted by Gasteiger charge is 2.40. The maximum Gasteiger partial charge on any atom is 0.0503 e. The van der Waals surface area contributed by atoms with Crippen LogP contribution in [-0.2, 0) is 11.2 Å². The number of para-hydroxylation sites is 1. The molecule has 116 valence electrons. The number of nitrogens with zero attached hydrogens (tertiary/aromatic N) is 1. The number of nitrogens with one attached hydrogen (secondary N) is 1. The van der Waals surface area contributed by atoms with Gasteiger partial charge in [-0.1, -0.05) is 31.0 Å². The Morgan fingerprint density at radius 1 is 1.29 bits per heavy atom. The first-order valence-electron chi connectivity index (χ1n) is 8.33. The van der Waals surface area contributed by atoms with Crippen LogP contribution in [0.1, 0.15) is 38.2 Å². The Bertz CT molecular complexity index is 468. The van der Waals surface area contributed by atoms with Gasteiger partial charge in [0.15, 0.2) is 0 Å². The lowest BCUT2D eigenvalue weighted by molar-refractivity contribution is 0.202. The molecule has 21 heavy (non-hydrogen) atoms. The SMILES string of the molecule is COCCc1ccccc1N1CC2(CCCC2)NCC1C. The molecular weight excluding hydrogens is 260 g/mol. The molecule has 1 N–H and O–H groups in total. The minimum atomic E-state index is 0.362. The number of rotatable bonds is 4. The van der Waals surface area contributed by atoms with Crippen molar-refractivity contribution in [1.82, 2.24) is 5.32 Å². The van der Waals surface area contributed by atoms with Crippen molar-refractivity contribution in [3.05, 3.63) is 29.8 Å². The molecule has 0 bridgehead atoms. The van der Waals surface area contributed by atoms with E-state index in [2.05, 4.69) is 41.4 Å². The van der Waals surface area contributed by atoms with Crippen molar-refractivity contribution in [3.63, 3.8) is 0 Å². The van der Waals surface area contributed by atoms with Gasteiger partial charge in [0.25, 0.3) is 0 Å². The van der Waals surface area contributed by atoms with Gasteiger partial charge in [0, 0.05) is 37.5 Å². The molecule has 2 fully saturated rings. The van der Waals surface area contributed by atoms with Gasteiger partial charge in [-0.2, -0.15) is 0 Å². The third-order valence-corrected chi connectivity index (χ3v) is 5.21. The Labute approximate surface area is 128 Å². The zero-order valence-electron chi connectivity index (χ0n) is 13.4. The van der Waals surface area contributed by atoms with Crippen LogP contribution in [0.4, 0.5) is 5.69 Å². The highest BCUT2D eigenvalue weighted by Crippen LogP contribution is 2.36. The van der Waals surface area contributed by atoms with Crippen molar-refractivity contribution < 1.29 is 4.74 Å². The van der Waals surface area contributed by atoms with Gasteiger partial charge in [0.05, 0.1) is 6.61 Å². The van der Waals surface area contributed by atoms with Crippen LogP contribution in [0.2, 0.25) is 0 Å². The number of hydrogen-bond donors (Lipinski definition) is 1. The third-order valence-electron chi connectivity index (χ3n) is 5.21. The van der Waals surface area contributed by atoms with E-state index in [1.165, 1.54) is 36.9 Å². The van der Waals surface area contributed by atoms with Crippen molar-refractivity contribution in [2.24, 2.45) is 0 Å². The minimum Gasteiger partial charge on any atom is -0.384 e. The summed E-state index contributed by atoms with van der Waals surface area (Å²) in [5.74, 6) is 0. The number of piperazine rings is 1. The van der Waals surface area contributed by atoms with E-state index in [4.69, 9.17) is 4.74 Å². The largest absolute Gasteiger partial charge is 0.384 e. The van der Waals surface area contributed by atoms with Gasteiger partial charge in [-0.3, -0.25) is 0 Å². The van der Waals surface area contributed by atoms with Gasteiger partial charge >= 0.3 is 0 Å². The van der Waals surface area contributed by atoms with E-state index in [1.807, 2.05) is 0 Å². The molecule has 1 aromatic carbocycles. The molecule has 1 atom stereocenters. The summed E-state index contributed by atoms with van der Waals surface area (Å²) >= 11 is 0. The lowest BCUT2D eigenvalue weighted by Crippen LogP contribution is -2.62. The summed E-state index contributed by atoms with van der Waals surface area (Å²) in [6, 6.07) is 9.41. The summed E-state index contributed by atoms with van der Waals surface area (Å²) in [7, 11) is 1.78. The van der Waals surface area contributed by atoms with E-state index < -0.39 is 0 Å². The van der Waals surface area contributed by atoms with Crippen LogP contribution < -0.4 is 10.2 Å². The fourth-order valence-corrected chi connectivity index (χ4v) is 3.94. The lowest BCUT2D eigenvalue weighted by atomic mass is 9.91. The summed E-state index contributed by atoms with van der Waals surface area (Å²) in [5.41, 5.74) is 3.19. The Balaban J connectivity index is 1.83. The Kier molecular flexibility index (Phi) is 4.51. The second kappa shape index (κ2) is 6.37. The van der Waals surface area contributed by atoms with Crippen molar-refractivity contribution in [3.8, 4) is 0 Å². The van der Waals surface area contributed by atoms with Crippen molar-refractivity contribution in [2.75, 3.05) is 31.7 Å². The second-order valence-corrected chi connectivity index (χ2v) is 6.72. The number of hydrogen-bond acceptors (Lipinski definition) is 3. The standard InChI is InChI=1S/C18H28N2O/c1-15-13-19-18(10-5-6-11-18)14-20(15)17-8-4-3-7-16(17)9-12-21-2/h3-4,7-8,15,19H,5-6,9-14H2,1-2H3. The van der Waals surface area contributed by atoms with Crippen LogP contribution in [0.15, 0.2) is 24.3 Å². The summed E-state index contributed by atoms with van der Waals surface area (Å²) in [5, 5.41) is 3.84. The predicted octanol–water partition coefficient (Wildman–Crippen LogP) is 2.99. The first-order valence-corrected chi connectivity index (χ1v) is 8.33. The van der Waals surface area contributed by atoms with Crippen molar-refractivity contribution in [1.29, 1.82) is 0 Å². The molecule has 1 saturated heterocycles. The van der Waals surface area contributed by atoms with Crippen LogP contribution in [0.5, 0.6) is 0 Å². The van der Waals surface area contributed by atoms with E-state index in [9.17, 15) is 0 Å². The highest BCUT2D eigenvalue weighted by atomic mass is 16.5. The van der Waals surface area contributed by atoms with E-state index in [0.717, 1.165) is 26.1 Å². The van der Waals surface area contributed by atoms with Gasteiger partial charge in [0.2, 0.25) is 0 Å². The van der Waals surface area contributed by atoms with E-state index >= 15 is 0 Å². The average Bonchev–Trinajstić information content (AvgIpc) is 2.97. The monoisotopic (exact) mass is 288 g/mol. The molecule has 1 aromatic rings. The number of benzene rings is 1. The molecule has 2 aliphatic rings. The molecule has 1 aliphatic heterocycles. The van der Waals surface area contributed by atoms with Crippen LogP contribution in [0, 0.1) is 0 Å². The van der Waals surface area contributed by atoms with Crippen molar-refractivity contribution >= 4 is 5.69 Å². The molecule has 3 nitrogen and oxygen atoms in total. The van der Waals surface area contributed by atoms with Crippen LogP contribution >= 0.6 is 0 Å². The smallest absolute Gasteiger partial charge is 0.0503 e. The Hall–Kier alpha value is -1.06. The summed E-state index contributed by atoms with van der Waals surface area (Å²) < 4.78 is 5.28. The summed E-state index contributed by atoms with van der Waals surface area (Å²) in [4.78, 5) is 2.63. The van der Waals surface area contributed by atoms with Gasteiger partial charge in [0.1, 0.15) is 0 Å². The normalized spacial score (nSPS) is 24.7. The number of ether oxygens (including phenoxy) is 1. The number of anilines is 1. The summed E-state index contributed by atoms with van der Waals surface area (Å²) in [6.07, 6.45) is 6.41. The molecular formula is C18H28N2O.